The van der Waals surface area contributed by atoms with Gasteiger partial charge in [0.25, 0.3) is 5.91 Å². The SMILES string of the molecule is COc1cccc(-c2ccccc2NC(=O)C2CCN(C(=O)c3cc[nH]c3)CC2)c1. The third-order valence-electron chi connectivity index (χ3n) is 5.56. The van der Waals surface area contributed by atoms with E-state index < -0.39 is 0 Å². The summed E-state index contributed by atoms with van der Waals surface area (Å²) in [6.07, 6.45) is 4.76. The van der Waals surface area contributed by atoms with Crippen LogP contribution in [-0.4, -0.2) is 41.9 Å². The normalized spacial score (nSPS) is 14.4. The zero-order valence-electron chi connectivity index (χ0n) is 16.9. The third-order valence-corrected chi connectivity index (χ3v) is 5.56. The standard InChI is InChI=1S/C24H25N3O3/c1-30-20-6-4-5-18(15-20)21-7-2-3-8-22(21)26-23(28)17-10-13-27(14-11-17)24(29)19-9-12-25-16-19/h2-9,12,15-17,25H,10-11,13-14H2,1H3,(H,26,28). The second-order valence-electron chi connectivity index (χ2n) is 7.43. The summed E-state index contributed by atoms with van der Waals surface area (Å²) in [6.45, 7) is 1.17. The highest BCUT2D eigenvalue weighted by molar-refractivity contribution is 5.97. The van der Waals surface area contributed by atoms with Crippen molar-refractivity contribution in [1.29, 1.82) is 0 Å². The van der Waals surface area contributed by atoms with Gasteiger partial charge in [-0.05, 0) is 42.7 Å². The van der Waals surface area contributed by atoms with Gasteiger partial charge in [-0.3, -0.25) is 9.59 Å². The lowest BCUT2D eigenvalue weighted by Gasteiger charge is -2.31. The minimum absolute atomic E-state index is 0.000843. The maximum atomic E-state index is 12.9. The average Bonchev–Trinajstić information content (AvgIpc) is 3.34. The zero-order valence-corrected chi connectivity index (χ0v) is 16.9. The van der Waals surface area contributed by atoms with E-state index in [-0.39, 0.29) is 17.7 Å². The van der Waals surface area contributed by atoms with Gasteiger partial charge in [0.05, 0.1) is 12.7 Å². The summed E-state index contributed by atoms with van der Waals surface area (Å²) in [5.41, 5.74) is 3.37. The minimum atomic E-state index is -0.112. The number of rotatable bonds is 5. The average molecular weight is 403 g/mol. The molecule has 0 saturated carbocycles. The molecule has 30 heavy (non-hydrogen) atoms. The molecule has 1 saturated heterocycles. The molecule has 2 amide bonds. The molecule has 2 N–H and O–H groups in total. The molecule has 6 nitrogen and oxygen atoms in total. The van der Waals surface area contributed by atoms with Crippen LogP contribution in [0.3, 0.4) is 0 Å². The van der Waals surface area contributed by atoms with E-state index >= 15 is 0 Å². The molecule has 0 spiro atoms. The Morgan fingerprint density at radius 1 is 1.07 bits per heavy atom. The molecule has 0 aliphatic carbocycles. The van der Waals surface area contributed by atoms with Crippen LogP contribution in [0.2, 0.25) is 0 Å². The Labute approximate surface area is 175 Å². The number of likely N-dealkylation sites (tertiary alicyclic amines) is 1. The molecule has 1 aromatic heterocycles. The number of benzene rings is 2. The number of hydrogen-bond acceptors (Lipinski definition) is 3. The number of piperidine rings is 1. The van der Waals surface area contributed by atoms with Crippen molar-refractivity contribution < 1.29 is 14.3 Å². The van der Waals surface area contributed by atoms with Crippen LogP contribution in [0, 0.1) is 5.92 Å². The minimum Gasteiger partial charge on any atom is -0.497 e. The second kappa shape index (κ2) is 8.86. The quantitative estimate of drug-likeness (QED) is 0.671. The summed E-state index contributed by atoms with van der Waals surface area (Å²) in [5.74, 6) is 0.671. The van der Waals surface area contributed by atoms with E-state index in [0.717, 1.165) is 22.6 Å². The van der Waals surface area contributed by atoms with Gasteiger partial charge in [-0.2, -0.15) is 0 Å². The molecule has 0 bridgehead atoms. The number of H-pyrrole nitrogens is 1. The molecule has 1 fully saturated rings. The van der Waals surface area contributed by atoms with Gasteiger partial charge in [-0.25, -0.2) is 0 Å². The van der Waals surface area contributed by atoms with Crippen molar-refractivity contribution in [2.24, 2.45) is 5.92 Å². The van der Waals surface area contributed by atoms with E-state index in [9.17, 15) is 9.59 Å². The predicted octanol–water partition coefficient (Wildman–Crippen LogP) is 4.18. The van der Waals surface area contributed by atoms with E-state index in [1.54, 1.807) is 25.6 Å². The van der Waals surface area contributed by atoms with E-state index in [2.05, 4.69) is 10.3 Å². The van der Waals surface area contributed by atoms with Crippen LogP contribution in [0.25, 0.3) is 11.1 Å². The van der Waals surface area contributed by atoms with Crippen molar-refractivity contribution in [1.82, 2.24) is 9.88 Å². The van der Waals surface area contributed by atoms with Gasteiger partial charge < -0.3 is 19.9 Å². The van der Waals surface area contributed by atoms with Crippen LogP contribution in [0.5, 0.6) is 5.75 Å². The molecule has 4 rings (SSSR count). The van der Waals surface area contributed by atoms with Crippen molar-refractivity contribution in [3.63, 3.8) is 0 Å². The first-order chi connectivity index (χ1) is 14.7. The smallest absolute Gasteiger partial charge is 0.255 e. The van der Waals surface area contributed by atoms with Crippen LogP contribution in [0.15, 0.2) is 67.0 Å². The Kier molecular flexibility index (Phi) is 5.84. The number of ether oxygens (including phenoxy) is 1. The number of methoxy groups -OCH3 is 1. The maximum Gasteiger partial charge on any atom is 0.255 e. The lowest BCUT2D eigenvalue weighted by molar-refractivity contribution is -0.121. The largest absolute Gasteiger partial charge is 0.497 e. The molecule has 0 atom stereocenters. The van der Waals surface area contributed by atoms with Crippen molar-refractivity contribution in [2.75, 3.05) is 25.5 Å². The van der Waals surface area contributed by atoms with E-state index in [4.69, 9.17) is 4.74 Å². The number of carbonyl (C=O) groups is 2. The molecule has 6 heteroatoms. The first kappa shape index (κ1) is 19.8. The van der Waals surface area contributed by atoms with Gasteiger partial charge in [-0.15, -0.1) is 0 Å². The first-order valence-corrected chi connectivity index (χ1v) is 10.1. The van der Waals surface area contributed by atoms with Gasteiger partial charge in [-0.1, -0.05) is 30.3 Å². The Morgan fingerprint density at radius 2 is 1.87 bits per heavy atom. The number of hydrogen-bond donors (Lipinski definition) is 2. The summed E-state index contributed by atoms with van der Waals surface area (Å²) in [5, 5.41) is 3.10. The Hall–Kier alpha value is -3.54. The van der Waals surface area contributed by atoms with Gasteiger partial charge in [0.15, 0.2) is 0 Å². The highest BCUT2D eigenvalue weighted by Gasteiger charge is 2.28. The fourth-order valence-electron chi connectivity index (χ4n) is 3.85. The van der Waals surface area contributed by atoms with Crippen LogP contribution >= 0.6 is 0 Å². The lowest BCUT2D eigenvalue weighted by atomic mass is 9.95. The van der Waals surface area contributed by atoms with Crippen molar-refractivity contribution in [2.45, 2.75) is 12.8 Å². The number of anilines is 1. The highest BCUT2D eigenvalue weighted by atomic mass is 16.5. The highest BCUT2D eigenvalue weighted by Crippen LogP contribution is 2.31. The van der Waals surface area contributed by atoms with Crippen LogP contribution in [0.4, 0.5) is 5.69 Å². The number of nitrogens with zero attached hydrogens (tertiary/aromatic N) is 1. The topological polar surface area (TPSA) is 74.4 Å². The number of nitrogens with one attached hydrogen (secondary N) is 2. The fraction of sp³-hybridized carbons (Fsp3) is 0.250. The molecule has 2 heterocycles. The summed E-state index contributed by atoms with van der Waals surface area (Å²) < 4.78 is 5.33. The number of amides is 2. The van der Waals surface area contributed by atoms with Crippen molar-refractivity contribution in [3.05, 3.63) is 72.6 Å². The lowest BCUT2D eigenvalue weighted by Crippen LogP contribution is -2.41. The van der Waals surface area contributed by atoms with Gasteiger partial charge in [0.2, 0.25) is 5.91 Å². The molecule has 1 aliphatic heterocycles. The zero-order chi connectivity index (χ0) is 20.9. The molecule has 0 radical (unpaired) electrons. The summed E-state index contributed by atoms with van der Waals surface area (Å²) >= 11 is 0. The van der Waals surface area contributed by atoms with E-state index in [1.807, 2.05) is 53.4 Å². The maximum absolute atomic E-state index is 12.9. The molecule has 154 valence electrons. The molecule has 1 aliphatic rings. The van der Waals surface area contributed by atoms with E-state index in [0.29, 0.717) is 31.5 Å². The third kappa shape index (κ3) is 4.22. The number of aromatic nitrogens is 1. The van der Waals surface area contributed by atoms with Crippen molar-refractivity contribution >= 4 is 17.5 Å². The van der Waals surface area contributed by atoms with Crippen LogP contribution in [0.1, 0.15) is 23.2 Å². The second-order valence-corrected chi connectivity index (χ2v) is 7.43. The molecule has 0 unspecified atom stereocenters. The van der Waals surface area contributed by atoms with E-state index in [1.165, 1.54) is 0 Å². The molecule has 3 aromatic rings. The number of para-hydroxylation sites is 1. The summed E-state index contributed by atoms with van der Waals surface area (Å²) in [6, 6.07) is 17.3. The summed E-state index contributed by atoms with van der Waals surface area (Å²) in [7, 11) is 1.64. The molecular formula is C24H25N3O3. The Balaban J connectivity index is 1.42. The predicted molar refractivity (Wildman–Crippen MR) is 116 cm³/mol. The van der Waals surface area contributed by atoms with Gasteiger partial charge in [0, 0.05) is 42.7 Å². The number of carbonyl (C=O) groups excluding carboxylic acids is 2. The molecule has 2 aromatic carbocycles. The number of aromatic amines is 1. The Bertz CT molecular complexity index is 1020. The van der Waals surface area contributed by atoms with Gasteiger partial charge >= 0.3 is 0 Å². The fourth-order valence-corrected chi connectivity index (χ4v) is 3.85. The first-order valence-electron chi connectivity index (χ1n) is 10.1. The molecular weight excluding hydrogens is 378 g/mol. The van der Waals surface area contributed by atoms with Crippen LogP contribution < -0.4 is 10.1 Å². The monoisotopic (exact) mass is 403 g/mol. The Morgan fingerprint density at radius 3 is 2.60 bits per heavy atom. The summed E-state index contributed by atoms with van der Waals surface area (Å²) in [4.78, 5) is 30.1. The van der Waals surface area contributed by atoms with Gasteiger partial charge in [0.1, 0.15) is 5.75 Å². The van der Waals surface area contributed by atoms with Crippen LogP contribution in [-0.2, 0) is 4.79 Å². The van der Waals surface area contributed by atoms with Crippen molar-refractivity contribution in [3.8, 4) is 16.9 Å².